The Kier molecular flexibility index (Phi) is 6.86. The average molecular weight is 508 g/mol. The maximum Gasteiger partial charge on any atom is 0.273 e. The fourth-order valence-electron chi connectivity index (χ4n) is 4.12. The molecule has 1 aliphatic heterocycles. The SMILES string of the molecule is O=C(CCc1nc2ccccc2n(Cc2c(F)cccc2Cl)c1=O)NCC1COc2ccccc2O1. The van der Waals surface area contributed by atoms with Crippen LogP contribution in [0.5, 0.6) is 11.5 Å². The maximum absolute atomic E-state index is 14.5. The van der Waals surface area contributed by atoms with Gasteiger partial charge in [-0.15, -0.1) is 0 Å². The minimum atomic E-state index is -0.493. The molecule has 0 bridgehead atoms. The van der Waals surface area contributed by atoms with Crippen molar-refractivity contribution in [1.82, 2.24) is 14.9 Å². The first-order valence-corrected chi connectivity index (χ1v) is 11.9. The van der Waals surface area contributed by atoms with E-state index in [0.717, 1.165) is 0 Å². The van der Waals surface area contributed by atoms with Gasteiger partial charge in [0, 0.05) is 23.4 Å². The van der Waals surface area contributed by atoms with E-state index in [2.05, 4.69) is 10.3 Å². The molecule has 0 saturated carbocycles. The van der Waals surface area contributed by atoms with E-state index in [1.807, 2.05) is 24.3 Å². The van der Waals surface area contributed by atoms with Crippen LogP contribution in [0.3, 0.4) is 0 Å². The molecule has 0 fully saturated rings. The molecule has 2 heterocycles. The molecule has 7 nitrogen and oxygen atoms in total. The molecular weight excluding hydrogens is 485 g/mol. The first-order valence-electron chi connectivity index (χ1n) is 11.6. The van der Waals surface area contributed by atoms with Crippen LogP contribution in [-0.2, 0) is 17.8 Å². The monoisotopic (exact) mass is 507 g/mol. The number of aryl methyl sites for hydroxylation is 1. The lowest BCUT2D eigenvalue weighted by atomic mass is 10.1. The highest BCUT2D eigenvalue weighted by atomic mass is 35.5. The van der Waals surface area contributed by atoms with Crippen LogP contribution >= 0.6 is 11.6 Å². The Hall–Kier alpha value is -3.91. The minimum Gasteiger partial charge on any atom is -0.486 e. The Morgan fingerprint density at radius 1 is 1.08 bits per heavy atom. The predicted molar refractivity (Wildman–Crippen MR) is 134 cm³/mol. The lowest BCUT2D eigenvalue weighted by Crippen LogP contribution is -2.41. The topological polar surface area (TPSA) is 82.5 Å². The van der Waals surface area contributed by atoms with Gasteiger partial charge in [-0.25, -0.2) is 9.37 Å². The standard InChI is InChI=1S/C27H23ClFN3O4/c28-19-6-5-7-20(29)18(19)15-32-23-9-2-1-8-21(23)31-22(27(32)34)12-13-26(33)30-14-17-16-35-24-10-3-4-11-25(24)36-17/h1-11,17H,12-16H2,(H,30,33). The number of aromatic nitrogens is 2. The highest BCUT2D eigenvalue weighted by Crippen LogP contribution is 2.30. The number of ether oxygens (including phenoxy) is 2. The number of fused-ring (bicyclic) bond motifs is 2. The number of rotatable bonds is 7. The van der Waals surface area contributed by atoms with E-state index in [4.69, 9.17) is 21.1 Å². The van der Waals surface area contributed by atoms with Gasteiger partial charge in [-0.3, -0.25) is 9.59 Å². The fraction of sp³-hybridized carbons (Fsp3) is 0.222. The van der Waals surface area contributed by atoms with Crippen LogP contribution < -0.4 is 20.3 Å². The summed E-state index contributed by atoms with van der Waals surface area (Å²) in [6.07, 6.45) is -0.123. The zero-order chi connectivity index (χ0) is 25.1. The van der Waals surface area contributed by atoms with Crippen molar-refractivity contribution in [3.05, 3.63) is 99.2 Å². The molecule has 1 unspecified atom stereocenters. The normalized spacial score (nSPS) is 14.6. The number of nitrogens with zero attached hydrogens (tertiary/aromatic N) is 2. The number of amides is 1. The molecule has 0 aliphatic carbocycles. The molecule has 0 saturated heterocycles. The summed E-state index contributed by atoms with van der Waals surface area (Å²) in [5.41, 5.74) is 1.19. The Labute approximate surface area is 211 Å². The highest BCUT2D eigenvalue weighted by Gasteiger charge is 2.21. The second-order valence-electron chi connectivity index (χ2n) is 8.44. The fourth-order valence-corrected chi connectivity index (χ4v) is 4.34. The molecule has 9 heteroatoms. The van der Waals surface area contributed by atoms with Crippen molar-refractivity contribution >= 4 is 28.5 Å². The van der Waals surface area contributed by atoms with Crippen LogP contribution in [0.2, 0.25) is 5.02 Å². The van der Waals surface area contributed by atoms with Crippen LogP contribution in [0, 0.1) is 5.82 Å². The summed E-state index contributed by atoms with van der Waals surface area (Å²) in [4.78, 5) is 30.3. The number of benzene rings is 3. The van der Waals surface area contributed by atoms with E-state index in [0.29, 0.717) is 29.1 Å². The first kappa shape index (κ1) is 23.8. The molecule has 3 aromatic carbocycles. The summed E-state index contributed by atoms with van der Waals surface area (Å²) in [5.74, 6) is 0.581. The summed E-state index contributed by atoms with van der Waals surface area (Å²) in [7, 11) is 0. The van der Waals surface area contributed by atoms with E-state index in [9.17, 15) is 14.0 Å². The third kappa shape index (κ3) is 5.04. The van der Waals surface area contributed by atoms with Gasteiger partial charge in [0.2, 0.25) is 5.91 Å². The van der Waals surface area contributed by atoms with E-state index in [-0.39, 0.29) is 59.8 Å². The number of nitrogens with one attached hydrogen (secondary N) is 1. The van der Waals surface area contributed by atoms with Crippen molar-refractivity contribution in [2.75, 3.05) is 13.2 Å². The van der Waals surface area contributed by atoms with Gasteiger partial charge in [0.05, 0.1) is 24.1 Å². The molecule has 5 rings (SSSR count). The van der Waals surface area contributed by atoms with Gasteiger partial charge in [-0.05, 0) is 36.4 Å². The van der Waals surface area contributed by atoms with Gasteiger partial charge >= 0.3 is 0 Å². The van der Waals surface area contributed by atoms with Crippen LogP contribution in [0.1, 0.15) is 17.7 Å². The number of para-hydroxylation sites is 4. The molecule has 1 amide bonds. The van der Waals surface area contributed by atoms with Crippen molar-refractivity contribution in [2.24, 2.45) is 0 Å². The quantitative estimate of drug-likeness (QED) is 0.407. The number of halogens is 2. The predicted octanol–water partition coefficient (Wildman–Crippen LogP) is 4.13. The summed E-state index contributed by atoms with van der Waals surface area (Å²) in [6.45, 7) is 0.550. The smallest absolute Gasteiger partial charge is 0.273 e. The Balaban J connectivity index is 1.29. The summed E-state index contributed by atoms with van der Waals surface area (Å²) < 4.78 is 27.4. The van der Waals surface area contributed by atoms with E-state index in [1.165, 1.54) is 16.7 Å². The molecular formula is C27H23ClFN3O4. The second-order valence-corrected chi connectivity index (χ2v) is 8.85. The lowest BCUT2D eigenvalue weighted by molar-refractivity contribution is -0.121. The van der Waals surface area contributed by atoms with Crippen LogP contribution in [-0.4, -0.2) is 34.7 Å². The van der Waals surface area contributed by atoms with Crippen molar-refractivity contribution < 1.29 is 18.7 Å². The van der Waals surface area contributed by atoms with Crippen LogP contribution in [0.4, 0.5) is 4.39 Å². The van der Waals surface area contributed by atoms with Gasteiger partial charge in [-0.2, -0.15) is 0 Å². The Morgan fingerprint density at radius 3 is 2.69 bits per heavy atom. The molecule has 1 N–H and O–H groups in total. The second kappa shape index (κ2) is 10.4. The van der Waals surface area contributed by atoms with Gasteiger partial charge in [-0.1, -0.05) is 41.9 Å². The molecule has 1 aliphatic rings. The van der Waals surface area contributed by atoms with Crippen molar-refractivity contribution in [3.63, 3.8) is 0 Å². The maximum atomic E-state index is 14.5. The van der Waals surface area contributed by atoms with Crippen LogP contribution in [0.25, 0.3) is 11.0 Å². The Bertz CT molecular complexity index is 1470. The third-order valence-electron chi connectivity index (χ3n) is 5.98. The van der Waals surface area contributed by atoms with Gasteiger partial charge in [0.1, 0.15) is 24.2 Å². The van der Waals surface area contributed by atoms with Crippen LogP contribution in [0.15, 0.2) is 71.5 Å². The number of hydrogen-bond acceptors (Lipinski definition) is 5. The third-order valence-corrected chi connectivity index (χ3v) is 6.34. The molecule has 184 valence electrons. The van der Waals surface area contributed by atoms with Crippen molar-refractivity contribution in [2.45, 2.75) is 25.5 Å². The molecule has 36 heavy (non-hydrogen) atoms. The van der Waals surface area contributed by atoms with E-state index >= 15 is 0 Å². The van der Waals surface area contributed by atoms with Crippen molar-refractivity contribution in [1.29, 1.82) is 0 Å². The highest BCUT2D eigenvalue weighted by molar-refractivity contribution is 6.31. The number of hydrogen-bond donors (Lipinski definition) is 1. The lowest BCUT2D eigenvalue weighted by Gasteiger charge is -2.26. The summed E-state index contributed by atoms with van der Waals surface area (Å²) >= 11 is 6.21. The molecule has 1 aromatic heterocycles. The summed E-state index contributed by atoms with van der Waals surface area (Å²) in [5, 5.41) is 3.07. The average Bonchev–Trinajstić information content (AvgIpc) is 2.89. The van der Waals surface area contributed by atoms with E-state index in [1.54, 1.807) is 30.3 Å². The van der Waals surface area contributed by atoms with Gasteiger partial charge in [0.15, 0.2) is 11.5 Å². The van der Waals surface area contributed by atoms with E-state index < -0.39 is 5.82 Å². The summed E-state index contributed by atoms with van der Waals surface area (Å²) in [6, 6.07) is 18.9. The zero-order valence-corrected chi connectivity index (χ0v) is 20.0. The first-order chi connectivity index (χ1) is 17.5. The molecule has 0 spiro atoms. The molecule has 4 aromatic rings. The van der Waals surface area contributed by atoms with Gasteiger partial charge < -0.3 is 19.4 Å². The van der Waals surface area contributed by atoms with Gasteiger partial charge in [0.25, 0.3) is 5.56 Å². The zero-order valence-electron chi connectivity index (χ0n) is 19.2. The molecule has 1 atom stereocenters. The van der Waals surface area contributed by atoms with Crippen molar-refractivity contribution in [3.8, 4) is 11.5 Å². The number of carbonyl (C=O) groups excluding carboxylic acids is 1. The molecule has 0 radical (unpaired) electrons. The Morgan fingerprint density at radius 2 is 1.86 bits per heavy atom. The largest absolute Gasteiger partial charge is 0.486 e. The minimum absolute atomic E-state index is 0.0485. The number of carbonyl (C=O) groups is 1.